The SMILES string of the molecule is Cc1sc2c(c1C)c(=O)n(-c1cccc(Cl)c1)c(=O)n2CC(=O)Nc1ccc2c(c1)OCCO2. The van der Waals surface area contributed by atoms with Gasteiger partial charge in [0.25, 0.3) is 5.56 Å². The Morgan fingerprint density at radius 2 is 1.85 bits per heavy atom. The molecule has 5 rings (SSSR count). The highest BCUT2D eigenvalue weighted by Gasteiger charge is 2.21. The lowest BCUT2D eigenvalue weighted by atomic mass is 10.2. The van der Waals surface area contributed by atoms with Gasteiger partial charge in [0.05, 0.1) is 11.1 Å². The van der Waals surface area contributed by atoms with Crippen LogP contribution in [-0.2, 0) is 11.3 Å². The first-order valence-corrected chi connectivity index (χ1v) is 11.7. The first-order valence-electron chi connectivity index (χ1n) is 10.5. The molecule has 0 radical (unpaired) electrons. The molecular formula is C24H20ClN3O5S. The van der Waals surface area contributed by atoms with Crippen LogP contribution in [-0.4, -0.2) is 28.3 Å². The Balaban J connectivity index is 1.58. The average molecular weight is 498 g/mol. The first kappa shape index (κ1) is 22.2. The fraction of sp³-hybridized carbons (Fsp3) is 0.208. The summed E-state index contributed by atoms with van der Waals surface area (Å²) in [5.41, 5.74) is 0.585. The lowest BCUT2D eigenvalue weighted by molar-refractivity contribution is -0.116. The minimum absolute atomic E-state index is 0.274. The molecule has 0 fully saturated rings. The minimum atomic E-state index is -0.613. The van der Waals surface area contributed by atoms with Crippen LogP contribution in [0.1, 0.15) is 10.4 Å². The fourth-order valence-electron chi connectivity index (χ4n) is 3.90. The van der Waals surface area contributed by atoms with E-state index >= 15 is 0 Å². The second-order valence-electron chi connectivity index (χ2n) is 7.86. The van der Waals surface area contributed by atoms with Crippen molar-refractivity contribution in [2.45, 2.75) is 20.4 Å². The van der Waals surface area contributed by atoms with Crippen LogP contribution in [0.2, 0.25) is 5.02 Å². The molecule has 0 spiro atoms. The molecular weight excluding hydrogens is 478 g/mol. The van der Waals surface area contributed by atoms with Crippen LogP contribution >= 0.6 is 22.9 Å². The number of fused-ring (bicyclic) bond motifs is 2. The highest BCUT2D eigenvalue weighted by molar-refractivity contribution is 7.18. The maximum atomic E-state index is 13.5. The minimum Gasteiger partial charge on any atom is -0.486 e. The summed E-state index contributed by atoms with van der Waals surface area (Å²) < 4.78 is 13.5. The summed E-state index contributed by atoms with van der Waals surface area (Å²) in [6.07, 6.45) is 0. The average Bonchev–Trinajstić information content (AvgIpc) is 3.11. The first-order chi connectivity index (χ1) is 16.3. The molecule has 4 aromatic rings. The number of amides is 1. The van der Waals surface area contributed by atoms with Gasteiger partial charge in [0.15, 0.2) is 11.5 Å². The van der Waals surface area contributed by atoms with Gasteiger partial charge < -0.3 is 14.8 Å². The van der Waals surface area contributed by atoms with E-state index in [1.54, 1.807) is 42.5 Å². The van der Waals surface area contributed by atoms with Crippen molar-refractivity contribution in [3.05, 3.63) is 78.8 Å². The number of ether oxygens (including phenoxy) is 2. The van der Waals surface area contributed by atoms with Crippen molar-refractivity contribution in [2.75, 3.05) is 18.5 Å². The second kappa shape index (κ2) is 8.66. The summed E-state index contributed by atoms with van der Waals surface area (Å²) in [5.74, 6) is 0.739. The van der Waals surface area contributed by atoms with Crippen LogP contribution < -0.4 is 26.0 Å². The van der Waals surface area contributed by atoms with Gasteiger partial charge in [-0.15, -0.1) is 11.3 Å². The fourth-order valence-corrected chi connectivity index (χ4v) is 5.23. The number of aromatic nitrogens is 2. The summed E-state index contributed by atoms with van der Waals surface area (Å²) in [6.45, 7) is 4.35. The number of anilines is 1. The van der Waals surface area contributed by atoms with Gasteiger partial charge in [-0.05, 0) is 49.7 Å². The number of nitrogens with one attached hydrogen (secondary N) is 1. The number of nitrogens with zero attached hydrogens (tertiary/aromatic N) is 2. The van der Waals surface area contributed by atoms with Crippen LogP contribution in [0.15, 0.2) is 52.1 Å². The van der Waals surface area contributed by atoms with Crippen molar-refractivity contribution in [3.8, 4) is 17.2 Å². The Bertz CT molecular complexity index is 1570. The predicted molar refractivity (Wildman–Crippen MR) is 132 cm³/mol. The molecule has 2 aromatic heterocycles. The van der Waals surface area contributed by atoms with Crippen molar-refractivity contribution < 1.29 is 14.3 Å². The van der Waals surface area contributed by atoms with Crippen molar-refractivity contribution in [3.63, 3.8) is 0 Å². The summed E-state index contributed by atoms with van der Waals surface area (Å²) >= 11 is 7.43. The maximum Gasteiger partial charge on any atom is 0.337 e. The molecule has 0 aliphatic carbocycles. The van der Waals surface area contributed by atoms with Gasteiger partial charge in [0.2, 0.25) is 5.91 Å². The smallest absolute Gasteiger partial charge is 0.337 e. The molecule has 1 aliphatic rings. The molecule has 2 aromatic carbocycles. The van der Waals surface area contributed by atoms with E-state index in [2.05, 4.69) is 5.32 Å². The molecule has 3 heterocycles. The Labute approximate surface area is 202 Å². The van der Waals surface area contributed by atoms with Gasteiger partial charge in [0, 0.05) is 21.7 Å². The van der Waals surface area contributed by atoms with Crippen LogP contribution in [0.4, 0.5) is 5.69 Å². The zero-order chi connectivity index (χ0) is 24.0. The molecule has 34 heavy (non-hydrogen) atoms. The molecule has 0 saturated heterocycles. The highest BCUT2D eigenvalue weighted by atomic mass is 35.5. The molecule has 0 saturated carbocycles. The molecule has 1 N–H and O–H groups in total. The zero-order valence-corrected chi connectivity index (χ0v) is 20.0. The number of rotatable bonds is 4. The molecule has 1 aliphatic heterocycles. The maximum absolute atomic E-state index is 13.5. The van der Waals surface area contributed by atoms with E-state index in [0.717, 1.165) is 15.0 Å². The second-order valence-corrected chi connectivity index (χ2v) is 9.50. The summed E-state index contributed by atoms with van der Waals surface area (Å²) in [7, 11) is 0. The molecule has 174 valence electrons. The molecule has 1 amide bonds. The monoisotopic (exact) mass is 497 g/mol. The van der Waals surface area contributed by atoms with E-state index in [9.17, 15) is 14.4 Å². The number of benzene rings is 2. The number of hydrogen-bond donors (Lipinski definition) is 1. The topological polar surface area (TPSA) is 91.6 Å². The third-order valence-corrected chi connectivity index (χ3v) is 7.11. The lowest BCUT2D eigenvalue weighted by Gasteiger charge is -2.19. The normalized spacial score (nSPS) is 12.7. The van der Waals surface area contributed by atoms with Gasteiger partial charge in [-0.3, -0.25) is 14.2 Å². The number of halogens is 1. The zero-order valence-electron chi connectivity index (χ0n) is 18.4. The quantitative estimate of drug-likeness (QED) is 0.462. The Kier molecular flexibility index (Phi) is 5.66. The van der Waals surface area contributed by atoms with E-state index in [1.807, 2.05) is 13.8 Å². The Hall–Kier alpha value is -3.56. The summed E-state index contributed by atoms with van der Waals surface area (Å²) in [4.78, 5) is 41.2. The number of carbonyl (C=O) groups is 1. The van der Waals surface area contributed by atoms with Crippen LogP contribution in [0, 0.1) is 13.8 Å². The lowest BCUT2D eigenvalue weighted by Crippen LogP contribution is -2.40. The summed E-state index contributed by atoms with van der Waals surface area (Å²) in [5, 5.41) is 3.60. The summed E-state index contributed by atoms with van der Waals surface area (Å²) in [6, 6.07) is 11.6. The number of aryl methyl sites for hydroxylation is 2. The van der Waals surface area contributed by atoms with E-state index in [0.29, 0.717) is 51.3 Å². The predicted octanol–water partition coefficient (Wildman–Crippen LogP) is 3.89. The van der Waals surface area contributed by atoms with Crippen LogP contribution in [0.5, 0.6) is 11.5 Å². The van der Waals surface area contributed by atoms with Crippen molar-refractivity contribution in [1.29, 1.82) is 0 Å². The van der Waals surface area contributed by atoms with Crippen LogP contribution in [0.3, 0.4) is 0 Å². The van der Waals surface area contributed by atoms with Crippen molar-refractivity contribution >= 4 is 44.7 Å². The number of hydrogen-bond acceptors (Lipinski definition) is 6. The largest absolute Gasteiger partial charge is 0.486 e. The standard InChI is InChI=1S/C24H20ClN3O5S/c1-13-14(2)34-23-21(13)22(30)28(17-5-3-4-15(25)10-17)24(31)27(23)12-20(29)26-16-6-7-18-19(11-16)33-9-8-32-18/h3-7,10-11H,8-9,12H2,1-2H3,(H,26,29). The Morgan fingerprint density at radius 3 is 2.62 bits per heavy atom. The molecule has 0 atom stereocenters. The Morgan fingerprint density at radius 1 is 1.09 bits per heavy atom. The molecule has 0 bridgehead atoms. The van der Waals surface area contributed by atoms with Crippen LogP contribution in [0.25, 0.3) is 15.9 Å². The molecule has 10 heteroatoms. The van der Waals surface area contributed by atoms with Gasteiger partial charge in [-0.1, -0.05) is 17.7 Å². The third kappa shape index (κ3) is 3.86. The van der Waals surface area contributed by atoms with E-state index < -0.39 is 17.2 Å². The number of carbonyl (C=O) groups excluding carboxylic acids is 1. The van der Waals surface area contributed by atoms with Gasteiger partial charge in [-0.2, -0.15) is 0 Å². The molecule has 8 nitrogen and oxygen atoms in total. The van der Waals surface area contributed by atoms with E-state index in [-0.39, 0.29) is 6.54 Å². The highest BCUT2D eigenvalue weighted by Crippen LogP contribution is 2.32. The van der Waals surface area contributed by atoms with Gasteiger partial charge >= 0.3 is 5.69 Å². The van der Waals surface area contributed by atoms with Crippen molar-refractivity contribution in [2.24, 2.45) is 0 Å². The van der Waals surface area contributed by atoms with E-state index in [1.165, 1.54) is 15.9 Å². The van der Waals surface area contributed by atoms with Gasteiger partial charge in [-0.25, -0.2) is 9.36 Å². The third-order valence-electron chi connectivity index (χ3n) is 5.65. The van der Waals surface area contributed by atoms with E-state index in [4.69, 9.17) is 21.1 Å². The number of thiophene rings is 1. The van der Waals surface area contributed by atoms with Crippen molar-refractivity contribution in [1.82, 2.24) is 9.13 Å². The van der Waals surface area contributed by atoms with Gasteiger partial charge in [0.1, 0.15) is 24.6 Å². The molecule has 0 unspecified atom stereocenters.